The zero-order valence-corrected chi connectivity index (χ0v) is 30.9. The predicted molar refractivity (Wildman–Crippen MR) is 208 cm³/mol. The van der Waals surface area contributed by atoms with Gasteiger partial charge < -0.3 is 19.7 Å². The van der Waals surface area contributed by atoms with Crippen molar-refractivity contribution in [2.24, 2.45) is 5.92 Å². The third-order valence-electron chi connectivity index (χ3n) is 10.7. The summed E-state index contributed by atoms with van der Waals surface area (Å²) in [6.07, 6.45) is 4.95. The fraction of sp³-hybridized carbons (Fsp3) is 0.410. The number of hydrogen-bond acceptors (Lipinski definition) is 8. The van der Waals surface area contributed by atoms with E-state index in [0.717, 1.165) is 93.0 Å². The maximum absolute atomic E-state index is 13.6. The first-order valence-electron chi connectivity index (χ1n) is 17.7. The van der Waals surface area contributed by atoms with Crippen LogP contribution in [0.15, 0.2) is 65.6 Å². The third-order valence-corrected chi connectivity index (χ3v) is 11.4. The number of piperazine rings is 1. The number of rotatable bonds is 8. The molecule has 0 atom stereocenters. The van der Waals surface area contributed by atoms with E-state index in [4.69, 9.17) is 23.8 Å². The van der Waals surface area contributed by atoms with Crippen LogP contribution in [0.1, 0.15) is 50.3 Å². The molecule has 0 spiro atoms. The Labute approximate surface area is 309 Å². The van der Waals surface area contributed by atoms with Crippen LogP contribution in [-0.4, -0.2) is 82.1 Å². The highest BCUT2D eigenvalue weighted by molar-refractivity contribution is 7.81. The summed E-state index contributed by atoms with van der Waals surface area (Å²) in [5.41, 5.74) is 5.58. The number of aryl methyl sites for hydroxylation is 1. The third kappa shape index (κ3) is 6.98. The van der Waals surface area contributed by atoms with Crippen molar-refractivity contribution in [1.82, 2.24) is 19.8 Å². The molecule has 51 heavy (non-hydrogen) atoms. The Morgan fingerprint density at radius 3 is 2.27 bits per heavy atom. The van der Waals surface area contributed by atoms with Gasteiger partial charge in [-0.15, -0.1) is 0 Å². The number of piperidine rings is 1. The van der Waals surface area contributed by atoms with Gasteiger partial charge in [-0.05, 0) is 111 Å². The second-order valence-electron chi connectivity index (χ2n) is 14.4. The van der Waals surface area contributed by atoms with E-state index in [1.807, 2.05) is 50.1 Å². The number of nitrogens with one attached hydrogen (secondary N) is 1. The van der Waals surface area contributed by atoms with Crippen molar-refractivity contribution < 1.29 is 4.79 Å². The molecule has 3 fully saturated rings. The topological polar surface area (TPSA) is 103 Å². The summed E-state index contributed by atoms with van der Waals surface area (Å²) >= 11 is 12.1. The van der Waals surface area contributed by atoms with E-state index in [-0.39, 0.29) is 16.5 Å². The molecule has 3 aliphatic heterocycles. The highest BCUT2D eigenvalue weighted by Crippen LogP contribution is 2.38. The molecule has 5 heterocycles. The van der Waals surface area contributed by atoms with Crippen molar-refractivity contribution in [3.63, 3.8) is 0 Å². The number of nitriles is 1. The maximum atomic E-state index is 13.6. The molecule has 1 N–H and O–H groups in total. The fourth-order valence-electron chi connectivity index (χ4n) is 7.65. The molecule has 0 radical (unpaired) electrons. The lowest BCUT2D eigenvalue weighted by Gasteiger charge is -2.39. The van der Waals surface area contributed by atoms with Gasteiger partial charge in [0.1, 0.15) is 11.6 Å². The molecular formula is C39H43ClN8O2S. The molecule has 0 unspecified atom stereocenters. The zero-order valence-electron chi connectivity index (χ0n) is 29.4. The molecule has 4 aromatic rings. The van der Waals surface area contributed by atoms with Crippen molar-refractivity contribution in [1.29, 1.82) is 5.26 Å². The Morgan fingerprint density at radius 2 is 1.61 bits per heavy atom. The van der Waals surface area contributed by atoms with Crippen LogP contribution in [0.2, 0.25) is 5.02 Å². The Bertz CT molecular complexity index is 2060. The first-order chi connectivity index (χ1) is 24.5. The van der Waals surface area contributed by atoms with Crippen molar-refractivity contribution in [3.05, 3.63) is 92.9 Å². The molecule has 10 nitrogen and oxygen atoms in total. The summed E-state index contributed by atoms with van der Waals surface area (Å²) in [5, 5.41) is 9.94. The number of H-pyrrole nitrogens is 1. The van der Waals surface area contributed by atoms with E-state index in [0.29, 0.717) is 28.7 Å². The number of aromatic amines is 1. The highest BCUT2D eigenvalue weighted by Gasteiger charge is 2.50. The number of pyridine rings is 2. The Kier molecular flexibility index (Phi) is 9.87. The summed E-state index contributed by atoms with van der Waals surface area (Å²) in [4.78, 5) is 44.5. The Morgan fingerprint density at radius 1 is 0.941 bits per heavy atom. The van der Waals surface area contributed by atoms with Gasteiger partial charge in [-0.25, -0.2) is 0 Å². The molecule has 0 saturated carbocycles. The fourth-order valence-corrected chi connectivity index (χ4v) is 8.38. The highest BCUT2D eigenvalue weighted by atomic mass is 35.5. The number of hydrogen-bond donors (Lipinski definition) is 1. The van der Waals surface area contributed by atoms with E-state index in [2.05, 4.69) is 48.9 Å². The number of carbonyl (C=O) groups excluding carboxylic acids is 1. The quantitative estimate of drug-likeness (QED) is 0.221. The SMILES string of the molecule is CCc1cc2ncc(CN3CCN(CC4CCN(c5ccc(N6C(=S)N(c7ccc(C#N)c(Cl)c7)C(=O)C6(C)C)cc5)CC4)CC3)cc2[nH]c1=O. The number of carbonyl (C=O) groups is 1. The van der Waals surface area contributed by atoms with E-state index in [1.165, 1.54) is 10.6 Å². The summed E-state index contributed by atoms with van der Waals surface area (Å²) in [6, 6.07) is 19.3. The van der Waals surface area contributed by atoms with Gasteiger partial charge in [0, 0.05) is 75.5 Å². The van der Waals surface area contributed by atoms with Crippen molar-refractivity contribution in [2.75, 3.05) is 60.5 Å². The molecule has 12 heteroatoms. The summed E-state index contributed by atoms with van der Waals surface area (Å²) < 4.78 is 0. The maximum Gasteiger partial charge on any atom is 0.259 e. The molecule has 264 valence electrons. The van der Waals surface area contributed by atoms with Gasteiger partial charge in [-0.1, -0.05) is 18.5 Å². The molecule has 3 saturated heterocycles. The Balaban J connectivity index is 0.902. The second kappa shape index (κ2) is 14.4. The van der Waals surface area contributed by atoms with Gasteiger partial charge in [0.25, 0.3) is 11.5 Å². The summed E-state index contributed by atoms with van der Waals surface area (Å²) in [5.74, 6) is 0.532. The minimum Gasteiger partial charge on any atom is -0.372 e. The molecule has 2 aromatic heterocycles. The molecular weight excluding hydrogens is 680 g/mol. The molecule has 1 amide bonds. The van der Waals surface area contributed by atoms with Crippen molar-refractivity contribution in [2.45, 2.75) is 52.1 Å². The molecule has 0 aliphatic carbocycles. The van der Waals surface area contributed by atoms with Gasteiger partial charge >= 0.3 is 0 Å². The smallest absolute Gasteiger partial charge is 0.259 e. The largest absolute Gasteiger partial charge is 0.372 e. The van der Waals surface area contributed by atoms with Crippen LogP contribution in [-0.2, 0) is 17.8 Å². The lowest BCUT2D eigenvalue weighted by Crippen LogP contribution is -2.48. The predicted octanol–water partition coefficient (Wildman–Crippen LogP) is 5.96. The van der Waals surface area contributed by atoms with Gasteiger partial charge in [0.05, 0.1) is 27.3 Å². The first-order valence-corrected chi connectivity index (χ1v) is 18.5. The van der Waals surface area contributed by atoms with Crippen molar-refractivity contribution in [3.8, 4) is 6.07 Å². The van der Waals surface area contributed by atoms with E-state index in [9.17, 15) is 14.9 Å². The van der Waals surface area contributed by atoms with Crippen LogP contribution < -0.4 is 20.3 Å². The van der Waals surface area contributed by atoms with Gasteiger partial charge in [0.15, 0.2) is 5.11 Å². The minimum atomic E-state index is -0.892. The van der Waals surface area contributed by atoms with Gasteiger partial charge in [-0.2, -0.15) is 5.26 Å². The lowest BCUT2D eigenvalue weighted by molar-refractivity contribution is -0.120. The zero-order chi connectivity index (χ0) is 35.9. The molecule has 7 rings (SSSR count). The van der Waals surface area contributed by atoms with Crippen LogP contribution in [0.25, 0.3) is 11.0 Å². The number of fused-ring (bicyclic) bond motifs is 1. The van der Waals surface area contributed by atoms with Crippen LogP contribution in [0.3, 0.4) is 0 Å². The van der Waals surface area contributed by atoms with E-state index in [1.54, 1.807) is 18.2 Å². The summed E-state index contributed by atoms with van der Waals surface area (Å²) in [7, 11) is 0. The van der Waals surface area contributed by atoms with Crippen molar-refractivity contribution >= 4 is 62.9 Å². The van der Waals surface area contributed by atoms with Gasteiger partial charge in [0.2, 0.25) is 0 Å². The van der Waals surface area contributed by atoms with Crippen LogP contribution in [0.4, 0.5) is 17.1 Å². The molecule has 2 aromatic carbocycles. The van der Waals surface area contributed by atoms with Crippen LogP contribution in [0, 0.1) is 17.2 Å². The lowest BCUT2D eigenvalue weighted by atomic mass is 9.95. The number of benzene rings is 2. The Hall–Kier alpha value is -4.34. The van der Waals surface area contributed by atoms with E-state index < -0.39 is 5.54 Å². The standard InChI is InChI=1S/C39H43ClN8O2S/c1-4-28-20-34-35(43-36(28)49)19-27(23-42-34)25-45-17-15-44(16-18-45)24-26-11-13-46(14-12-26)30-7-9-31(10-8-30)48-38(51)47(37(50)39(48,2)3)32-6-5-29(22-41)33(40)21-32/h5-10,19-21,23,26H,4,11-18,24-25H2,1-3H3,(H,43,49). The average molecular weight is 723 g/mol. The summed E-state index contributed by atoms with van der Waals surface area (Å²) in [6.45, 7) is 13.9. The number of amides is 1. The first kappa shape index (κ1) is 35.1. The monoisotopic (exact) mass is 722 g/mol. The van der Waals surface area contributed by atoms with Crippen LogP contribution in [0.5, 0.6) is 0 Å². The minimum absolute atomic E-state index is 0.0206. The van der Waals surface area contributed by atoms with Crippen LogP contribution >= 0.6 is 23.8 Å². The van der Waals surface area contributed by atoms with E-state index >= 15 is 0 Å². The average Bonchev–Trinajstić information content (AvgIpc) is 3.31. The number of nitrogens with zero attached hydrogens (tertiary/aromatic N) is 7. The number of thiocarbonyl (C=S) groups is 1. The second-order valence-corrected chi connectivity index (χ2v) is 15.1. The normalized spacial score (nSPS) is 18.9. The molecule has 3 aliphatic rings. The number of aromatic nitrogens is 2. The number of anilines is 3. The van der Waals surface area contributed by atoms with Gasteiger partial charge in [-0.3, -0.25) is 24.4 Å². The number of halogens is 1. The molecule has 0 bridgehead atoms.